The fraction of sp³-hybridized carbons (Fsp3) is 0.609. The molecule has 2 saturated heterocycles. The van der Waals surface area contributed by atoms with Crippen LogP contribution in [0.25, 0.3) is 0 Å². The predicted molar refractivity (Wildman–Crippen MR) is 112 cm³/mol. The smallest absolute Gasteiger partial charge is 0.253 e. The monoisotopic (exact) mass is 417 g/mol. The molecule has 30 heavy (non-hydrogen) atoms. The standard InChI is InChI=1S/C23H32FN3O3/c1-17(2)5-10-21(28)25-12-14-26(15-13-25)23(30)19-4-3-11-27(16-19)22(29)18-6-8-20(24)9-7-18/h6-9,17,19H,3-5,10-16H2,1-2H3. The number of carbonyl (C=O) groups is 3. The van der Waals surface area contributed by atoms with Crippen molar-refractivity contribution in [3.8, 4) is 0 Å². The Bertz CT molecular complexity index is 757. The average Bonchev–Trinajstić information content (AvgIpc) is 2.77. The summed E-state index contributed by atoms with van der Waals surface area (Å²) < 4.78 is 13.1. The molecule has 0 aromatic heterocycles. The molecule has 3 amide bonds. The Kier molecular flexibility index (Phi) is 7.45. The van der Waals surface area contributed by atoms with E-state index in [1.165, 1.54) is 24.3 Å². The zero-order valence-corrected chi connectivity index (χ0v) is 18.0. The van der Waals surface area contributed by atoms with E-state index >= 15 is 0 Å². The second kappa shape index (κ2) is 10.0. The van der Waals surface area contributed by atoms with Crippen molar-refractivity contribution in [1.82, 2.24) is 14.7 Å². The van der Waals surface area contributed by atoms with Crippen molar-refractivity contribution in [2.24, 2.45) is 11.8 Å². The lowest BCUT2D eigenvalue weighted by atomic mass is 9.95. The maximum atomic E-state index is 13.1. The molecule has 1 unspecified atom stereocenters. The van der Waals surface area contributed by atoms with Gasteiger partial charge < -0.3 is 14.7 Å². The highest BCUT2D eigenvalue weighted by Gasteiger charge is 2.33. The number of likely N-dealkylation sites (tertiary alicyclic amines) is 1. The van der Waals surface area contributed by atoms with E-state index in [1.54, 1.807) is 4.90 Å². The fourth-order valence-corrected chi connectivity index (χ4v) is 4.14. The van der Waals surface area contributed by atoms with Crippen LogP contribution in [0.4, 0.5) is 4.39 Å². The number of benzene rings is 1. The van der Waals surface area contributed by atoms with Gasteiger partial charge in [0.1, 0.15) is 5.82 Å². The molecule has 1 aromatic rings. The zero-order valence-electron chi connectivity index (χ0n) is 18.0. The van der Waals surface area contributed by atoms with E-state index in [9.17, 15) is 18.8 Å². The molecule has 0 radical (unpaired) electrons. The minimum Gasteiger partial charge on any atom is -0.339 e. The number of nitrogens with zero attached hydrogens (tertiary/aromatic N) is 3. The summed E-state index contributed by atoms with van der Waals surface area (Å²) in [6.45, 7) is 7.47. The Morgan fingerprint density at radius 1 is 0.967 bits per heavy atom. The van der Waals surface area contributed by atoms with Crippen molar-refractivity contribution >= 4 is 17.7 Å². The van der Waals surface area contributed by atoms with Gasteiger partial charge in [0, 0.05) is 51.3 Å². The lowest BCUT2D eigenvalue weighted by Crippen LogP contribution is -2.54. The summed E-state index contributed by atoms with van der Waals surface area (Å²) >= 11 is 0. The van der Waals surface area contributed by atoms with Crippen molar-refractivity contribution < 1.29 is 18.8 Å². The lowest BCUT2D eigenvalue weighted by Gasteiger charge is -2.39. The van der Waals surface area contributed by atoms with Crippen LogP contribution < -0.4 is 0 Å². The topological polar surface area (TPSA) is 60.9 Å². The third-order valence-electron chi connectivity index (χ3n) is 6.03. The minimum absolute atomic E-state index is 0.0703. The van der Waals surface area contributed by atoms with Gasteiger partial charge in [-0.05, 0) is 49.4 Å². The van der Waals surface area contributed by atoms with Crippen LogP contribution in [0.2, 0.25) is 0 Å². The number of piperidine rings is 1. The summed E-state index contributed by atoms with van der Waals surface area (Å²) in [6.07, 6.45) is 2.99. The van der Waals surface area contributed by atoms with Crippen molar-refractivity contribution in [1.29, 1.82) is 0 Å². The summed E-state index contributed by atoms with van der Waals surface area (Å²) in [5.74, 6) is -0.00593. The Balaban J connectivity index is 1.51. The van der Waals surface area contributed by atoms with Gasteiger partial charge in [0.15, 0.2) is 0 Å². The van der Waals surface area contributed by atoms with Crippen LogP contribution in [0, 0.1) is 17.7 Å². The molecule has 1 aromatic carbocycles. The molecule has 2 fully saturated rings. The summed E-state index contributed by atoms with van der Waals surface area (Å²) in [7, 11) is 0. The lowest BCUT2D eigenvalue weighted by molar-refractivity contribution is -0.143. The van der Waals surface area contributed by atoms with Gasteiger partial charge in [-0.15, -0.1) is 0 Å². The third kappa shape index (κ3) is 5.58. The quantitative estimate of drug-likeness (QED) is 0.740. The number of amides is 3. The Morgan fingerprint density at radius 2 is 1.60 bits per heavy atom. The summed E-state index contributed by atoms with van der Waals surface area (Å²) in [4.78, 5) is 43.4. The molecule has 0 saturated carbocycles. The molecule has 0 spiro atoms. The van der Waals surface area contributed by atoms with Crippen LogP contribution in [0.3, 0.4) is 0 Å². The van der Waals surface area contributed by atoms with Gasteiger partial charge in [0.05, 0.1) is 5.92 Å². The molecule has 2 heterocycles. The molecule has 0 N–H and O–H groups in total. The number of hydrogen-bond acceptors (Lipinski definition) is 3. The number of rotatable bonds is 5. The normalized spacial score (nSPS) is 19.9. The number of hydrogen-bond donors (Lipinski definition) is 0. The molecule has 3 rings (SSSR count). The first-order valence-corrected chi connectivity index (χ1v) is 11.0. The Morgan fingerprint density at radius 3 is 2.23 bits per heavy atom. The maximum absolute atomic E-state index is 13.1. The van der Waals surface area contributed by atoms with E-state index in [-0.39, 0.29) is 29.5 Å². The zero-order chi connectivity index (χ0) is 21.7. The molecular formula is C23H32FN3O3. The van der Waals surface area contributed by atoms with Crippen LogP contribution in [-0.2, 0) is 9.59 Å². The first-order valence-electron chi connectivity index (χ1n) is 11.0. The number of carbonyl (C=O) groups excluding carboxylic acids is 3. The summed E-state index contributed by atoms with van der Waals surface area (Å²) in [6, 6.07) is 5.53. The first kappa shape index (κ1) is 22.2. The van der Waals surface area contributed by atoms with Gasteiger partial charge in [-0.25, -0.2) is 4.39 Å². The van der Waals surface area contributed by atoms with Gasteiger partial charge in [-0.3, -0.25) is 14.4 Å². The highest BCUT2D eigenvalue weighted by molar-refractivity contribution is 5.94. The highest BCUT2D eigenvalue weighted by Crippen LogP contribution is 2.22. The second-order valence-electron chi connectivity index (χ2n) is 8.74. The molecule has 7 heteroatoms. The largest absolute Gasteiger partial charge is 0.339 e. The summed E-state index contributed by atoms with van der Waals surface area (Å²) in [5, 5.41) is 0. The van der Waals surface area contributed by atoms with Gasteiger partial charge >= 0.3 is 0 Å². The van der Waals surface area contributed by atoms with Crippen molar-refractivity contribution in [3.63, 3.8) is 0 Å². The number of piperazine rings is 1. The van der Waals surface area contributed by atoms with Crippen LogP contribution >= 0.6 is 0 Å². The molecular weight excluding hydrogens is 385 g/mol. The average molecular weight is 418 g/mol. The fourth-order valence-electron chi connectivity index (χ4n) is 4.14. The molecule has 6 nitrogen and oxygen atoms in total. The van der Waals surface area contributed by atoms with E-state index in [2.05, 4.69) is 13.8 Å². The van der Waals surface area contributed by atoms with Gasteiger partial charge in [0.25, 0.3) is 5.91 Å². The van der Waals surface area contributed by atoms with Crippen LogP contribution in [0.5, 0.6) is 0 Å². The second-order valence-corrected chi connectivity index (χ2v) is 8.74. The van der Waals surface area contributed by atoms with Gasteiger partial charge in [-0.1, -0.05) is 13.8 Å². The van der Waals surface area contributed by atoms with Gasteiger partial charge in [0.2, 0.25) is 11.8 Å². The third-order valence-corrected chi connectivity index (χ3v) is 6.03. The van der Waals surface area contributed by atoms with Crippen molar-refractivity contribution in [2.75, 3.05) is 39.3 Å². The summed E-state index contributed by atoms with van der Waals surface area (Å²) in [5.41, 5.74) is 0.443. The van der Waals surface area contributed by atoms with Gasteiger partial charge in [-0.2, -0.15) is 0 Å². The SMILES string of the molecule is CC(C)CCC(=O)N1CCN(C(=O)C2CCCN(C(=O)c3ccc(F)cc3)C2)CC1. The Hall–Kier alpha value is -2.44. The number of halogens is 1. The van der Waals surface area contributed by atoms with E-state index < -0.39 is 0 Å². The molecule has 164 valence electrons. The predicted octanol–water partition coefficient (Wildman–Crippen LogP) is 2.78. The van der Waals surface area contributed by atoms with Crippen LogP contribution in [0.1, 0.15) is 49.9 Å². The molecule has 2 aliphatic heterocycles. The maximum Gasteiger partial charge on any atom is 0.253 e. The van der Waals surface area contributed by atoms with Crippen molar-refractivity contribution in [2.45, 2.75) is 39.5 Å². The van der Waals surface area contributed by atoms with E-state index in [0.29, 0.717) is 57.2 Å². The van der Waals surface area contributed by atoms with E-state index in [0.717, 1.165) is 19.3 Å². The molecule has 0 aliphatic carbocycles. The van der Waals surface area contributed by atoms with Crippen LogP contribution in [0.15, 0.2) is 24.3 Å². The molecule has 1 atom stereocenters. The van der Waals surface area contributed by atoms with E-state index in [4.69, 9.17) is 0 Å². The molecule has 2 aliphatic rings. The minimum atomic E-state index is -0.375. The highest BCUT2D eigenvalue weighted by atomic mass is 19.1. The first-order chi connectivity index (χ1) is 14.3. The Labute approximate surface area is 178 Å². The molecule has 0 bridgehead atoms. The van der Waals surface area contributed by atoms with Crippen molar-refractivity contribution in [3.05, 3.63) is 35.6 Å². The van der Waals surface area contributed by atoms with Crippen LogP contribution in [-0.4, -0.2) is 71.7 Å². The van der Waals surface area contributed by atoms with E-state index in [1.807, 2.05) is 9.80 Å².